The Labute approximate surface area is 86.5 Å². The monoisotopic (exact) mass is 195 g/mol. The fourth-order valence-corrected chi connectivity index (χ4v) is 2.57. The predicted molar refractivity (Wildman–Crippen MR) is 58.0 cm³/mol. The molecule has 0 heterocycles. The molecular weight excluding hydrogens is 174 g/mol. The summed E-state index contributed by atoms with van der Waals surface area (Å²) in [4.78, 5) is 0. The number of allylic oxidation sites excluding steroid dienone is 1. The van der Waals surface area contributed by atoms with Crippen LogP contribution in [0, 0.1) is 5.92 Å². The van der Waals surface area contributed by atoms with Gasteiger partial charge in [0, 0.05) is 0 Å². The van der Waals surface area contributed by atoms with Gasteiger partial charge in [-0.1, -0.05) is 18.6 Å². The minimum atomic E-state index is 0.376. The first-order valence-corrected chi connectivity index (χ1v) is 5.92. The van der Waals surface area contributed by atoms with E-state index in [0.717, 1.165) is 6.54 Å². The Morgan fingerprint density at radius 1 is 1.21 bits per heavy atom. The van der Waals surface area contributed by atoms with E-state index in [2.05, 4.69) is 12.2 Å². The summed E-state index contributed by atoms with van der Waals surface area (Å²) >= 11 is 0. The molecule has 1 saturated carbocycles. The van der Waals surface area contributed by atoms with Crippen molar-refractivity contribution in [1.82, 2.24) is 0 Å². The van der Waals surface area contributed by atoms with Crippen LogP contribution in [0.5, 0.6) is 0 Å². The first-order valence-electron chi connectivity index (χ1n) is 5.92. The second-order valence-corrected chi connectivity index (χ2v) is 4.50. The molecule has 0 aromatic heterocycles. The SMILES string of the molecule is NCC1CCCC1OC1C=CCCC1. The molecule has 0 aromatic carbocycles. The molecule has 80 valence electrons. The minimum absolute atomic E-state index is 0.376. The van der Waals surface area contributed by atoms with Gasteiger partial charge in [0.05, 0.1) is 12.2 Å². The average molecular weight is 195 g/mol. The highest BCUT2D eigenvalue weighted by Gasteiger charge is 2.28. The third kappa shape index (κ3) is 2.37. The van der Waals surface area contributed by atoms with Gasteiger partial charge in [-0.05, 0) is 44.6 Å². The van der Waals surface area contributed by atoms with E-state index in [1.54, 1.807) is 0 Å². The van der Waals surface area contributed by atoms with Crippen LogP contribution in [0.4, 0.5) is 0 Å². The largest absolute Gasteiger partial charge is 0.371 e. The van der Waals surface area contributed by atoms with Crippen molar-refractivity contribution in [1.29, 1.82) is 0 Å². The van der Waals surface area contributed by atoms with Crippen LogP contribution in [0.2, 0.25) is 0 Å². The Balaban J connectivity index is 1.83. The van der Waals surface area contributed by atoms with Crippen LogP contribution in [-0.2, 0) is 4.74 Å². The molecule has 0 radical (unpaired) electrons. The van der Waals surface area contributed by atoms with Crippen LogP contribution in [0.15, 0.2) is 12.2 Å². The van der Waals surface area contributed by atoms with E-state index in [4.69, 9.17) is 10.5 Å². The number of ether oxygens (including phenoxy) is 1. The van der Waals surface area contributed by atoms with E-state index in [0.29, 0.717) is 18.1 Å². The molecule has 1 fully saturated rings. The van der Waals surface area contributed by atoms with E-state index in [1.165, 1.54) is 38.5 Å². The lowest BCUT2D eigenvalue weighted by Gasteiger charge is -2.25. The molecule has 3 atom stereocenters. The van der Waals surface area contributed by atoms with Crippen molar-refractivity contribution in [3.8, 4) is 0 Å². The molecule has 0 amide bonds. The zero-order valence-corrected chi connectivity index (χ0v) is 8.82. The van der Waals surface area contributed by atoms with Gasteiger partial charge in [0.1, 0.15) is 0 Å². The molecular formula is C12H21NO. The van der Waals surface area contributed by atoms with Crippen molar-refractivity contribution in [3.05, 3.63) is 12.2 Å². The molecule has 2 heteroatoms. The maximum atomic E-state index is 6.09. The topological polar surface area (TPSA) is 35.2 Å². The summed E-state index contributed by atoms with van der Waals surface area (Å²) in [5, 5.41) is 0. The summed E-state index contributed by atoms with van der Waals surface area (Å²) in [5.41, 5.74) is 5.73. The summed E-state index contributed by atoms with van der Waals surface area (Å²) in [5.74, 6) is 0.616. The Bertz CT molecular complexity index is 202. The van der Waals surface area contributed by atoms with Crippen molar-refractivity contribution >= 4 is 0 Å². The second-order valence-electron chi connectivity index (χ2n) is 4.50. The molecule has 0 spiro atoms. The highest BCUT2D eigenvalue weighted by molar-refractivity contribution is 4.95. The van der Waals surface area contributed by atoms with Gasteiger partial charge in [-0.3, -0.25) is 0 Å². The lowest BCUT2D eigenvalue weighted by Crippen LogP contribution is -2.29. The number of rotatable bonds is 3. The third-order valence-electron chi connectivity index (χ3n) is 3.45. The van der Waals surface area contributed by atoms with Crippen LogP contribution in [0.3, 0.4) is 0 Å². The van der Waals surface area contributed by atoms with Crippen LogP contribution in [0.1, 0.15) is 38.5 Å². The summed E-state index contributed by atoms with van der Waals surface area (Å²) in [7, 11) is 0. The van der Waals surface area contributed by atoms with Crippen LogP contribution in [-0.4, -0.2) is 18.8 Å². The van der Waals surface area contributed by atoms with Crippen molar-refractivity contribution in [2.24, 2.45) is 11.7 Å². The van der Waals surface area contributed by atoms with Gasteiger partial charge in [0.2, 0.25) is 0 Å². The maximum Gasteiger partial charge on any atom is 0.0759 e. The number of hydrogen-bond donors (Lipinski definition) is 1. The summed E-state index contributed by atoms with van der Waals surface area (Å²) in [6.45, 7) is 0.793. The Hall–Kier alpha value is -0.340. The van der Waals surface area contributed by atoms with Gasteiger partial charge in [0.25, 0.3) is 0 Å². The van der Waals surface area contributed by atoms with Gasteiger partial charge < -0.3 is 10.5 Å². The molecule has 2 rings (SSSR count). The summed E-state index contributed by atoms with van der Waals surface area (Å²) in [6, 6.07) is 0. The van der Waals surface area contributed by atoms with Crippen molar-refractivity contribution in [2.45, 2.75) is 50.7 Å². The molecule has 0 saturated heterocycles. The van der Waals surface area contributed by atoms with E-state index in [9.17, 15) is 0 Å². The molecule has 14 heavy (non-hydrogen) atoms. The quantitative estimate of drug-likeness (QED) is 0.701. The maximum absolute atomic E-state index is 6.09. The molecule has 2 nitrogen and oxygen atoms in total. The molecule has 0 aliphatic heterocycles. The fraction of sp³-hybridized carbons (Fsp3) is 0.833. The Kier molecular flexibility index (Phi) is 3.60. The highest BCUT2D eigenvalue weighted by Crippen LogP contribution is 2.29. The highest BCUT2D eigenvalue weighted by atomic mass is 16.5. The van der Waals surface area contributed by atoms with Gasteiger partial charge in [-0.15, -0.1) is 0 Å². The first kappa shape index (κ1) is 10.2. The van der Waals surface area contributed by atoms with Gasteiger partial charge >= 0.3 is 0 Å². The molecule has 2 aliphatic rings. The minimum Gasteiger partial charge on any atom is -0.371 e. The molecule has 0 aromatic rings. The first-order chi connectivity index (χ1) is 6.90. The predicted octanol–water partition coefficient (Wildman–Crippen LogP) is 2.24. The van der Waals surface area contributed by atoms with Gasteiger partial charge in [-0.25, -0.2) is 0 Å². The zero-order chi connectivity index (χ0) is 9.80. The smallest absolute Gasteiger partial charge is 0.0759 e. The Morgan fingerprint density at radius 2 is 2.14 bits per heavy atom. The van der Waals surface area contributed by atoms with E-state index in [1.807, 2.05) is 0 Å². The average Bonchev–Trinajstić information content (AvgIpc) is 2.67. The van der Waals surface area contributed by atoms with Crippen LogP contribution in [0.25, 0.3) is 0 Å². The van der Waals surface area contributed by atoms with Gasteiger partial charge in [-0.2, -0.15) is 0 Å². The second kappa shape index (κ2) is 4.94. The molecule has 2 N–H and O–H groups in total. The van der Waals surface area contributed by atoms with E-state index >= 15 is 0 Å². The number of nitrogens with two attached hydrogens (primary N) is 1. The van der Waals surface area contributed by atoms with Crippen molar-refractivity contribution in [2.75, 3.05) is 6.54 Å². The lowest BCUT2D eigenvalue weighted by molar-refractivity contribution is -0.0121. The van der Waals surface area contributed by atoms with Crippen molar-refractivity contribution in [3.63, 3.8) is 0 Å². The number of hydrogen-bond acceptors (Lipinski definition) is 2. The Morgan fingerprint density at radius 3 is 2.86 bits per heavy atom. The van der Waals surface area contributed by atoms with Crippen LogP contribution < -0.4 is 5.73 Å². The van der Waals surface area contributed by atoms with Crippen molar-refractivity contribution < 1.29 is 4.74 Å². The molecule has 0 bridgehead atoms. The van der Waals surface area contributed by atoms with Crippen LogP contribution >= 0.6 is 0 Å². The fourth-order valence-electron chi connectivity index (χ4n) is 2.57. The normalized spacial score (nSPS) is 37.6. The molecule has 3 unspecified atom stereocenters. The lowest BCUT2D eigenvalue weighted by atomic mass is 10.0. The standard InChI is InChI=1S/C12H21NO/c13-9-10-5-4-8-12(10)14-11-6-2-1-3-7-11/h2,6,10-12H,1,3-5,7-9,13H2. The summed E-state index contributed by atoms with van der Waals surface area (Å²) < 4.78 is 6.09. The summed E-state index contributed by atoms with van der Waals surface area (Å²) in [6.07, 6.45) is 12.8. The zero-order valence-electron chi connectivity index (χ0n) is 8.82. The van der Waals surface area contributed by atoms with E-state index in [-0.39, 0.29) is 0 Å². The van der Waals surface area contributed by atoms with E-state index < -0.39 is 0 Å². The molecule has 2 aliphatic carbocycles. The van der Waals surface area contributed by atoms with Gasteiger partial charge in [0.15, 0.2) is 0 Å². The third-order valence-corrected chi connectivity index (χ3v) is 3.45.